The standard InChI is InChI=1S/C30H35FN2O4/c1-20-28(34)17-29(37-19-26(36-3)18-35-2)33-15-12-23-16-25(8-9-27(23)30(20)33)32-13-10-22(11-14-32)21-4-6-24(31)7-5-21/h4-9,16-17,22,26H,10-15,18-19H2,1-3H3/t26-/m0/s1. The lowest BCUT2D eigenvalue weighted by Gasteiger charge is -2.35. The average molecular weight is 507 g/mol. The van der Waals surface area contributed by atoms with Gasteiger partial charge in [-0.25, -0.2) is 4.39 Å². The predicted molar refractivity (Wildman–Crippen MR) is 143 cm³/mol. The van der Waals surface area contributed by atoms with Gasteiger partial charge in [0.15, 0.2) is 11.3 Å². The number of ether oxygens (including phenoxy) is 3. The van der Waals surface area contributed by atoms with Crippen molar-refractivity contribution < 1.29 is 18.6 Å². The van der Waals surface area contributed by atoms with Crippen LogP contribution in [0.4, 0.5) is 10.1 Å². The van der Waals surface area contributed by atoms with E-state index in [2.05, 4.69) is 27.7 Å². The Hall–Kier alpha value is -3.16. The van der Waals surface area contributed by atoms with Gasteiger partial charge in [0.1, 0.15) is 18.5 Å². The summed E-state index contributed by atoms with van der Waals surface area (Å²) in [5, 5.41) is 0. The maximum atomic E-state index is 13.3. The van der Waals surface area contributed by atoms with Gasteiger partial charge in [0.25, 0.3) is 0 Å². The molecule has 6 nitrogen and oxygen atoms in total. The molecule has 0 bridgehead atoms. The lowest BCUT2D eigenvalue weighted by molar-refractivity contribution is -0.000948. The van der Waals surface area contributed by atoms with Gasteiger partial charge in [0, 0.05) is 56.7 Å². The zero-order chi connectivity index (χ0) is 25.9. The van der Waals surface area contributed by atoms with Gasteiger partial charge in [0.2, 0.25) is 0 Å². The molecular formula is C30H35FN2O4. The summed E-state index contributed by atoms with van der Waals surface area (Å²) < 4.78 is 32.1. The van der Waals surface area contributed by atoms with E-state index in [1.165, 1.54) is 16.8 Å². The smallest absolute Gasteiger partial charge is 0.197 e. The summed E-state index contributed by atoms with van der Waals surface area (Å²) in [5.41, 5.74) is 6.44. The normalized spacial score (nSPS) is 16.3. The van der Waals surface area contributed by atoms with E-state index in [1.807, 2.05) is 19.1 Å². The van der Waals surface area contributed by atoms with Crippen molar-refractivity contribution in [2.45, 2.75) is 44.8 Å². The molecule has 0 radical (unpaired) electrons. The largest absolute Gasteiger partial charge is 0.476 e. The lowest BCUT2D eigenvalue weighted by Crippen LogP contribution is -2.33. The molecule has 37 heavy (non-hydrogen) atoms. The minimum atomic E-state index is -0.205. The molecular weight excluding hydrogens is 471 g/mol. The molecule has 196 valence electrons. The number of aromatic nitrogens is 1. The molecule has 2 aliphatic rings. The Balaban J connectivity index is 1.35. The van der Waals surface area contributed by atoms with Gasteiger partial charge in [-0.2, -0.15) is 0 Å². The summed E-state index contributed by atoms with van der Waals surface area (Å²) in [5.74, 6) is 0.857. The van der Waals surface area contributed by atoms with Crippen molar-refractivity contribution in [1.29, 1.82) is 0 Å². The highest BCUT2D eigenvalue weighted by molar-refractivity contribution is 5.72. The van der Waals surface area contributed by atoms with Crippen LogP contribution in [0.2, 0.25) is 0 Å². The number of anilines is 1. The monoisotopic (exact) mass is 506 g/mol. The van der Waals surface area contributed by atoms with E-state index in [-0.39, 0.29) is 17.3 Å². The number of rotatable bonds is 8. The molecule has 7 heteroatoms. The summed E-state index contributed by atoms with van der Waals surface area (Å²) in [4.78, 5) is 15.3. The van der Waals surface area contributed by atoms with Crippen molar-refractivity contribution in [1.82, 2.24) is 4.57 Å². The molecule has 0 N–H and O–H groups in total. The van der Waals surface area contributed by atoms with Gasteiger partial charge in [-0.1, -0.05) is 18.2 Å². The zero-order valence-corrected chi connectivity index (χ0v) is 21.8. The Morgan fingerprint density at radius 2 is 1.76 bits per heavy atom. The molecule has 2 aliphatic heterocycles. The number of aryl methyl sites for hydroxylation is 1. The molecule has 5 rings (SSSR count). The van der Waals surface area contributed by atoms with Crippen LogP contribution in [0, 0.1) is 12.7 Å². The van der Waals surface area contributed by atoms with E-state index in [0.29, 0.717) is 25.0 Å². The lowest BCUT2D eigenvalue weighted by atomic mass is 9.88. The highest BCUT2D eigenvalue weighted by atomic mass is 19.1. The quantitative estimate of drug-likeness (QED) is 0.433. The first kappa shape index (κ1) is 25.5. The number of hydrogen-bond donors (Lipinski definition) is 0. The third-order valence-corrected chi connectivity index (χ3v) is 7.77. The summed E-state index contributed by atoms with van der Waals surface area (Å²) in [6, 6.07) is 15.1. The van der Waals surface area contributed by atoms with Gasteiger partial charge >= 0.3 is 0 Å². The Kier molecular flexibility index (Phi) is 7.63. The van der Waals surface area contributed by atoms with E-state index in [0.717, 1.165) is 55.7 Å². The number of pyridine rings is 1. The van der Waals surface area contributed by atoms with E-state index in [9.17, 15) is 9.18 Å². The maximum Gasteiger partial charge on any atom is 0.197 e. The van der Waals surface area contributed by atoms with Crippen LogP contribution >= 0.6 is 0 Å². The number of piperidine rings is 1. The molecule has 0 amide bonds. The van der Waals surface area contributed by atoms with Crippen LogP contribution in [0.15, 0.2) is 53.3 Å². The molecule has 1 saturated heterocycles. The highest BCUT2D eigenvalue weighted by Gasteiger charge is 2.25. The molecule has 3 aromatic rings. The van der Waals surface area contributed by atoms with E-state index >= 15 is 0 Å². The molecule has 1 atom stereocenters. The maximum absolute atomic E-state index is 13.3. The van der Waals surface area contributed by atoms with Crippen LogP contribution in [0.25, 0.3) is 11.3 Å². The third kappa shape index (κ3) is 5.29. The summed E-state index contributed by atoms with van der Waals surface area (Å²) in [6.45, 7) is 5.31. The van der Waals surface area contributed by atoms with E-state index in [1.54, 1.807) is 32.4 Å². The van der Waals surface area contributed by atoms with Gasteiger partial charge in [0.05, 0.1) is 12.3 Å². The SMILES string of the molecule is COC[C@@H](COc1cc(=O)c(C)c2n1CCc1cc(N3CCC(c4ccc(F)cc4)CC3)ccc1-2)OC. The van der Waals surface area contributed by atoms with Crippen LogP contribution < -0.4 is 15.1 Å². The van der Waals surface area contributed by atoms with Crippen molar-refractivity contribution >= 4 is 5.69 Å². The minimum absolute atomic E-state index is 0.0262. The third-order valence-electron chi connectivity index (χ3n) is 7.77. The Morgan fingerprint density at radius 3 is 2.46 bits per heavy atom. The molecule has 2 aromatic carbocycles. The molecule has 1 fully saturated rings. The van der Waals surface area contributed by atoms with E-state index in [4.69, 9.17) is 14.2 Å². The topological polar surface area (TPSA) is 52.9 Å². The molecule has 3 heterocycles. The Bertz CT molecular complexity index is 1300. The summed E-state index contributed by atoms with van der Waals surface area (Å²) in [6.07, 6.45) is 2.76. The van der Waals surface area contributed by atoms with Crippen molar-refractivity contribution in [2.75, 3.05) is 45.4 Å². The van der Waals surface area contributed by atoms with Crippen LogP contribution in [-0.2, 0) is 22.4 Å². The number of methoxy groups -OCH3 is 2. The zero-order valence-electron chi connectivity index (χ0n) is 21.8. The molecule has 0 spiro atoms. The van der Waals surface area contributed by atoms with Crippen molar-refractivity contribution in [3.05, 3.63) is 81.3 Å². The molecule has 0 aliphatic carbocycles. The van der Waals surface area contributed by atoms with Gasteiger partial charge in [-0.3, -0.25) is 4.79 Å². The fraction of sp³-hybridized carbons (Fsp3) is 0.433. The molecule has 0 saturated carbocycles. The Labute approximate surface area is 217 Å². The fourth-order valence-corrected chi connectivity index (χ4v) is 5.62. The van der Waals surface area contributed by atoms with Gasteiger partial charge in [-0.05, 0) is 67.5 Å². The van der Waals surface area contributed by atoms with Crippen LogP contribution in [-0.4, -0.2) is 51.2 Å². The second kappa shape index (κ2) is 11.1. The van der Waals surface area contributed by atoms with Gasteiger partial charge in [-0.15, -0.1) is 0 Å². The molecule has 0 unspecified atom stereocenters. The van der Waals surface area contributed by atoms with Crippen LogP contribution in [0.3, 0.4) is 0 Å². The van der Waals surface area contributed by atoms with Crippen LogP contribution in [0.1, 0.15) is 35.4 Å². The second-order valence-corrected chi connectivity index (χ2v) is 10.0. The minimum Gasteiger partial charge on any atom is -0.476 e. The predicted octanol–water partition coefficient (Wildman–Crippen LogP) is 4.94. The first-order valence-electron chi connectivity index (χ1n) is 13.0. The first-order chi connectivity index (χ1) is 18.0. The number of halogens is 1. The first-order valence-corrected chi connectivity index (χ1v) is 13.0. The number of hydrogen-bond acceptors (Lipinski definition) is 5. The van der Waals surface area contributed by atoms with Crippen LogP contribution in [0.5, 0.6) is 5.88 Å². The van der Waals surface area contributed by atoms with Crippen molar-refractivity contribution in [3.8, 4) is 17.1 Å². The fourth-order valence-electron chi connectivity index (χ4n) is 5.62. The van der Waals surface area contributed by atoms with Gasteiger partial charge < -0.3 is 23.7 Å². The number of benzene rings is 2. The average Bonchev–Trinajstić information content (AvgIpc) is 2.93. The summed E-state index contributed by atoms with van der Waals surface area (Å²) >= 11 is 0. The highest BCUT2D eigenvalue weighted by Crippen LogP contribution is 2.37. The molecule has 1 aromatic heterocycles. The Morgan fingerprint density at radius 1 is 1.00 bits per heavy atom. The second-order valence-electron chi connectivity index (χ2n) is 10.0. The van der Waals surface area contributed by atoms with Crippen molar-refractivity contribution in [3.63, 3.8) is 0 Å². The van der Waals surface area contributed by atoms with E-state index < -0.39 is 0 Å². The van der Waals surface area contributed by atoms with Crippen molar-refractivity contribution in [2.24, 2.45) is 0 Å². The number of nitrogens with zero attached hydrogens (tertiary/aromatic N) is 2. The summed E-state index contributed by atoms with van der Waals surface area (Å²) in [7, 11) is 3.26. The number of fused-ring (bicyclic) bond motifs is 3.